The summed E-state index contributed by atoms with van der Waals surface area (Å²) in [5, 5.41) is 4.19. The Morgan fingerprint density at radius 2 is 1.60 bits per heavy atom. The van der Waals surface area contributed by atoms with Crippen molar-refractivity contribution in [3.05, 3.63) is 88.5 Å². The lowest BCUT2D eigenvalue weighted by Gasteiger charge is -2.56. The summed E-state index contributed by atoms with van der Waals surface area (Å²) in [6.07, 6.45) is 13.2. The average molecular weight is 610 g/mol. The molecular weight excluding hydrogens is 566 g/mol. The minimum atomic E-state index is -0.465. The Balaban J connectivity index is 1.04. The highest BCUT2D eigenvalue weighted by Gasteiger charge is 2.51. The summed E-state index contributed by atoms with van der Waals surface area (Å²) in [6.45, 7) is 0.506. The molecule has 0 spiro atoms. The van der Waals surface area contributed by atoms with Crippen LogP contribution >= 0.6 is 0 Å². The Morgan fingerprint density at radius 1 is 0.911 bits per heavy atom. The van der Waals surface area contributed by atoms with Crippen molar-refractivity contribution in [3.63, 3.8) is 0 Å². The molecule has 5 aliphatic rings. The largest absolute Gasteiger partial charge is 0.457 e. The molecule has 0 radical (unpaired) electrons. The van der Waals surface area contributed by atoms with Crippen molar-refractivity contribution >= 4 is 17.7 Å². The van der Waals surface area contributed by atoms with E-state index in [1.165, 1.54) is 38.5 Å². The lowest BCUT2D eigenvalue weighted by Crippen LogP contribution is -2.51. The van der Waals surface area contributed by atoms with Crippen LogP contribution in [0.3, 0.4) is 0 Å². The van der Waals surface area contributed by atoms with Gasteiger partial charge in [-0.1, -0.05) is 61.7 Å². The first-order valence-corrected chi connectivity index (χ1v) is 16.6. The van der Waals surface area contributed by atoms with Gasteiger partial charge in [-0.25, -0.2) is 15.2 Å². The van der Waals surface area contributed by atoms with Crippen LogP contribution in [-0.4, -0.2) is 33.3 Å². The van der Waals surface area contributed by atoms with E-state index in [0.717, 1.165) is 61.2 Å². The van der Waals surface area contributed by atoms with Crippen LogP contribution in [0.5, 0.6) is 0 Å². The number of H-pyrrole nitrogens is 1. The van der Waals surface area contributed by atoms with Crippen LogP contribution < -0.4 is 11.2 Å². The number of ether oxygens (including phenoxy) is 2. The smallest absolute Gasteiger partial charge is 0.338 e. The fourth-order valence-electron chi connectivity index (χ4n) is 8.56. The number of nitrogens with one attached hydrogen (secondary N) is 2. The molecule has 236 valence electrons. The first-order valence-electron chi connectivity index (χ1n) is 16.6. The number of rotatable bonds is 10. The van der Waals surface area contributed by atoms with Crippen LogP contribution in [0.4, 0.5) is 0 Å². The first-order chi connectivity index (χ1) is 21.9. The van der Waals surface area contributed by atoms with Gasteiger partial charge in [-0.05, 0) is 86.8 Å². The maximum atomic E-state index is 13.5. The number of nitrogens with two attached hydrogens (primary N) is 1. The van der Waals surface area contributed by atoms with Crippen LogP contribution in [0.2, 0.25) is 0 Å². The van der Waals surface area contributed by atoms with Crippen molar-refractivity contribution in [2.75, 3.05) is 0 Å². The maximum absolute atomic E-state index is 13.5. The number of benzene rings is 2. The Kier molecular flexibility index (Phi) is 8.45. The quantitative estimate of drug-likeness (QED) is 0.106. The van der Waals surface area contributed by atoms with E-state index in [1.54, 1.807) is 24.3 Å². The van der Waals surface area contributed by atoms with E-state index >= 15 is 0 Å². The highest BCUT2D eigenvalue weighted by molar-refractivity contribution is 6.01. The van der Waals surface area contributed by atoms with Crippen molar-refractivity contribution in [2.24, 2.45) is 28.6 Å². The van der Waals surface area contributed by atoms with E-state index < -0.39 is 11.9 Å². The summed E-state index contributed by atoms with van der Waals surface area (Å²) < 4.78 is 12.2. The fourth-order valence-corrected chi connectivity index (χ4v) is 8.56. The van der Waals surface area contributed by atoms with Gasteiger partial charge in [0.1, 0.15) is 12.4 Å². The number of aromatic nitrogens is 2. The van der Waals surface area contributed by atoms with Gasteiger partial charge >= 0.3 is 5.97 Å². The molecule has 3 aromatic rings. The van der Waals surface area contributed by atoms with E-state index in [0.29, 0.717) is 35.0 Å². The second kappa shape index (κ2) is 12.8. The highest BCUT2D eigenvalue weighted by atomic mass is 16.5. The highest BCUT2D eigenvalue weighted by Crippen LogP contribution is 2.57. The Labute approximate surface area is 264 Å². The van der Waals surface area contributed by atoms with Crippen LogP contribution in [0.15, 0.2) is 59.7 Å². The van der Waals surface area contributed by atoms with Gasteiger partial charge in [-0.15, -0.1) is 0 Å². The van der Waals surface area contributed by atoms with E-state index in [9.17, 15) is 9.59 Å². The molecule has 0 atom stereocenters. The number of aromatic amines is 1. The van der Waals surface area contributed by atoms with Crippen molar-refractivity contribution in [3.8, 4) is 0 Å². The van der Waals surface area contributed by atoms with E-state index in [-0.39, 0.29) is 18.0 Å². The van der Waals surface area contributed by atoms with Crippen LogP contribution in [0.25, 0.3) is 0 Å². The van der Waals surface area contributed by atoms with Gasteiger partial charge in [0.25, 0.3) is 5.91 Å². The average Bonchev–Trinajstić information content (AvgIpc) is 3.50. The molecule has 9 heteroatoms. The number of hydrogen-bond donors (Lipinski definition) is 3. The summed E-state index contributed by atoms with van der Waals surface area (Å²) in [5.74, 6) is 2.70. The summed E-state index contributed by atoms with van der Waals surface area (Å²) in [4.78, 5) is 34.5. The number of nitrogens with zero attached hydrogens (tertiary/aromatic N) is 2. The zero-order valence-electron chi connectivity index (χ0n) is 25.8. The van der Waals surface area contributed by atoms with E-state index in [4.69, 9.17) is 20.2 Å². The third kappa shape index (κ3) is 6.69. The molecule has 9 nitrogen and oxygen atoms in total. The van der Waals surface area contributed by atoms with Crippen molar-refractivity contribution in [1.82, 2.24) is 15.4 Å². The second-order valence-electron chi connectivity index (χ2n) is 13.8. The predicted octanol–water partition coefficient (Wildman–Crippen LogP) is 6.35. The minimum absolute atomic E-state index is 0.0750. The molecule has 5 saturated carbocycles. The molecule has 5 aliphatic carbocycles. The summed E-state index contributed by atoms with van der Waals surface area (Å²) in [7, 11) is 0. The number of carbonyl (C=O) groups is 2. The molecule has 8 rings (SSSR count). The van der Waals surface area contributed by atoms with Gasteiger partial charge in [0.2, 0.25) is 0 Å². The molecule has 4 N–H and O–H groups in total. The van der Waals surface area contributed by atoms with Gasteiger partial charge in [0.15, 0.2) is 11.5 Å². The first kappa shape index (κ1) is 29.7. The van der Waals surface area contributed by atoms with E-state index in [2.05, 4.69) is 15.5 Å². The number of hydrogen-bond acceptors (Lipinski definition) is 6. The monoisotopic (exact) mass is 609 g/mol. The van der Waals surface area contributed by atoms with Crippen molar-refractivity contribution in [1.29, 1.82) is 0 Å². The summed E-state index contributed by atoms with van der Waals surface area (Å²) in [5.41, 5.74) is 11.6. The maximum Gasteiger partial charge on any atom is 0.338 e. The van der Waals surface area contributed by atoms with E-state index in [1.807, 2.05) is 30.3 Å². The number of carbonyl (C=O) groups excluding carboxylic acids is 2. The molecule has 1 aromatic heterocycles. The lowest BCUT2D eigenvalue weighted by molar-refractivity contribution is -0.169. The van der Waals surface area contributed by atoms with Gasteiger partial charge in [-0.3, -0.25) is 4.79 Å². The van der Waals surface area contributed by atoms with Gasteiger partial charge in [-0.2, -0.15) is 5.10 Å². The predicted molar refractivity (Wildman–Crippen MR) is 170 cm³/mol. The van der Waals surface area contributed by atoms with Crippen LogP contribution in [0.1, 0.15) is 120 Å². The number of esters is 1. The zero-order valence-corrected chi connectivity index (χ0v) is 25.8. The van der Waals surface area contributed by atoms with Crippen LogP contribution in [-0.2, 0) is 22.7 Å². The number of amides is 1. The molecular formula is C36H43N5O4. The third-order valence-electron chi connectivity index (χ3n) is 10.4. The number of hydrazone groups is 1. The number of imidazole rings is 1. The fraction of sp³-hybridized carbons (Fsp3) is 0.500. The second-order valence-corrected chi connectivity index (χ2v) is 13.8. The lowest BCUT2D eigenvalue weighted by atomic mass is 9.54. The molecule has 0 saturated heterocycles. The third-order valence-corrected chi connectivity index (χ3v) is 10.4. The molecule has 45 heavy (non-hydrogen) atoms. The normalized spacial score (nSPS) is 26.1. The molecule has 2 aromatic carbocycles. The topological polar surface area (TPSA) is 132 Å². The number of amidine groups is 1. The van der Waals surface area contributed by atoms with Crippen LogP contribution in [0, 0.1) is 17.8 Å². The standard InChI is InChI=1S/C36H43N5O4/c37-32(28-12-7-13-29(17-28)35(43)44-21-23-8-3-1-4-9-23)40-41-34(42)31-30(38-33(39-31)27-10-5-2-6-11-27)22-45-36-18-24-14-25(19-36)16-26(15-24)20-36/h1,3-4,7-9,12-13,17,24-27H,2,5-6,10-11,14-16,18-22H2,(H2,37,40)(H,38,39)(H,41,42). The van der Waals surface area contributed by atoms with Gasteiger partial charge in [0.05, 0.1) is 23.5 Å². The SMILES string of the molecule is NC(=NNC(=O)c1nc(C2CCCCC2)[nH]c1COC12CC3CC(CC(C3)C1)C2)c1cccc(C(=O)OCc2ccccc2)c1. The molecule has 5 fully saturated rings. The van der Waals surface area contributed by atoms with Gasteiger partial charge in [0, 0.05) is 11.5 Å². The Bertz CT molecular complexity index is 1520. The molecule has 0 unspecified atom stereocenters. The summed E-state index contributed by atoms with van der Waals surface area (Å²) >= 11 is 0. The Hall–Kier alpha value is -3.98. The molecule has 0 aliphatic heterocycles. The van der Waals surface area contributed by atoms with Crippen molar-refractivity contribution < 1.29 is 19.1 Å². The summed E-state index contributed by atoms with van der Waals surface area (Å²) in [6, 6.07) is 16.2. The zero-order chi connectivity index (χ0) is 30.8. The molecule has 4 bridgehead atoms. The Morgan fingerprint density at radius 3 is 2.31 bits per heavy atom. The molecule has 1 heterocycles. The van der Waals surface area contributed by atoms with Gasteiger partial charge < -0.3 is 20.2 Å². The molecule has 1 amide bonds. The van der Waals surface area contributed by atoms with Crippen molar-refractivity contribution in [2.45, 2.75) is 95.4 Å². The minimum Gasteiger partial charge on any atom is -0.457 e.